The fraction of sp³-hybridized carbons (Fsp3) is 0.786. The van der Waals surface area contributed by atoms with E-state index in [0.717, 1.165) is 5.69 Å². The third kappa shape index (κ3) is 5.28. The lowest BCUT2D eigenvalue weighted by atomic mass is 10.1. The first-order valence-corrected chi connectivity index (χ1v) is 7.13. The predicted octanol–water partition coefficient (Wildman–Crippen LogP) is 1.28. The van der Waals surface area contributed by atoms with Gasteiger partial charge in [-0.1, -0.05) is 19.1 Å². The molecule has 1 aromatic heterocycles. The molecule has 0 aromatic carbocycles. The minimum Gasteiger partial charge on any atom is -0.354 e. The van der Waals surface area contributed by atoms with Crippen LogP contribution < -0.4 is 10.6 Å². The summed E-state index contributed by atoms with van der Waals surface area (Å²) in [6.07, 6.45) is 1.91. The van der Waals surface area contributed by atoms with Crippen LogP contribution in [0.15, 0.2) is 6.20 Å². The fourth-order valence-corrected chi connectivity index (χ4v) is 1.52. The summed E-state index contributed by atoms with van der Waals surface area (Å²) >= 11 is 0. The summed E-state index contributed by atoms with van der Waals surface area (Å²) in [5, 5.41) is 14.3. The van der Waals surface area contributed by atoms with Gasteiger partial charge in [0.2, 0.25) is 5.91 Å². The smallest absolute Gasteiger partial charge is 0.236 e. The average molecular weight is 281 g/mol. The number of aromatic nitrogens is 3. The molecule has 0 bridgehead atoms. The topological polar surface area (TPSA) is 71.8 Å². The van der Waals surface area contributed by atoms with Crippen molar-refractivity contribution in [3.8, 4) is 0 Å². The Kier molecular flexibility index (Phi) is 5.68. The van der Waals surface area contributed by atoms with Gasteiger partial charge in [0.05, 0.1) is 23.5 Å². The Hall–Kier alpha value is -1.43. The van der Waals surface area contributed by atoms with Gasteiger partial charge in [-0.15, -0.1) is 5.10 Å². The van der Waals surface area contributed by atoms with Crippen molar-refractivity contribution in [3.63, 3.8) is 0 Å². The van der Waals surface area contributed by atoms with Crippen LogP contribution in [-0.4, -0.2) is 33.5 Å². The Morgan fingerprint density at radius 2 is 2.00 bits per heavy atom. The summed E-state index contributed by atoms with van der Waals surface area (Å²) in [6, 6.07) is -0.242. The Labute approximate surface area is 121 Å². The molecule has 1 unspecified atom stereocenters. The predicted molar refractivity (Wildman–Crippen MR) is 79.2 cm³/mol. The van der Waals surface area contributed by atoms with Gasteiger partial charge >= 0.3 is 0 Å². The lowest BCUT2D eigenvalue weighted by Crippen LogP contribution is -2.43. The van der Waals surface area contributed by atoms with Crippen LogP contribution in [0.3, 0.4) is 0 Å². The number of carbonyl (C=O) groups is 1. The largest absolute Gasteiger partial charge is 0.354 e. The van der Waals surface area contributed by atoms with Gasteiger partial charge in [0.25, 0.3) is 0 Å². The molecular formula is C14H27N5O. The van der Waals surface area contributed by atoms with E-state index in [0.29, 0.717) is 19.0 Å². The van der Waals surface area contributed by atoms with Crippen LogP contribution >= 0.6 is 0 Å². The maximum absolute atomic E-state index is 11.8. The molecule has 0 aliphatic rings. The minimum atomic E-state index is -0.242. The Morgan fingerprint density at radius 1 is 1.35 bits per heavy atom. The SMILES string of the molecule is CC(C)CNC(=O)C(C)NCc1cn(C(C)(C)C)nn1. The van der Waals surface area contributed by atoms with Gasteiger partial charge < -0.3 is 10.6 Å². The molecule has 114 valence electrons. The van der Waals surface area contributed by atoms with Crippen LogP contribution in [-0.2, 0) is 16.9 Å². The number of carbonyl (C=O) groups excluding carboxylic acids is 1. The molecule has 1 amide bonds. The zero-order chi connectivity index (χ0) is 15.3. The van der Waals surface area contributed by atoms with Crippen molar-refractivity contribution in [1.82, 2.24) is 25.6 Å². The Morgan fingerprint density at radius 3 is 2.50 bits per heavy atom. The molecule has 0 aliphatic carbocycles. The van der Waals surface area contributed by atoms with E-state index in [1.54, 1.807) is 0 Å². The van der Waals surface area contributed by atoms with E-state index in [-0.39, 0.29) is 17.5 Å². The van der Waals surface area contributed by atoms with E-state index in [2.05, 4.69) is 55.6 Å². The van der Waals surface area contributed by atoms with Gasteiger partial charge in [0, 0.05) is 13.1 Å². The van der Waals surface area contributed by atoms with Crippen molar-refractivity contribution in [3.05, 3.63) is 11.9 Å². The van der Waals surface area contributed by atoms with E-state index in [4.69, 9.17) is 0 Å². The monoisotopic (exact) mass is 281 g/mol. The third-order valence-electron chi connectivity index (χ3n) is 2.90. The molecule has 6 nitrogen and oxygen atoms in total. The highest BCUT2D eigenvalue weighted by atomic mass is 16.2. The standard InChI is InChI=1S/C14H27N5O/c1-10(2)7-16-13(20)11(3)15-8-12-9-19(18-17-12)14(4,5)6/h9-11,15H,7-8H2,1-6H3,(H,16,20). The second-order valence-electron chi connectivity index (χ2n) is 6.57. The van der Waals surface area contributed by atoms with Crippen molar-refractivity contribution in [2.75, 3.05) is 6.54 Å². The highest BCUT2D eigenvalue weighted by molar-refractivity contribution is 5.81. The Balaban J connectivity index is 2.43. The first-order valence-electron chi connectivity index (χ1n) is 7.13. The van der Waals surface area contributed by atoms with Crippen LogP contribution in [0.4, 0.5) is 0 Å². The minimum absolute atomic E-state index is 0.0157. The molecular weight excluding hydrogens is 254 g/mol. The number of nitrogens with one attached hydrogen (secondary N) is 2. The lowest BCUT2D eigenvalue weighted by Gasteiger charge is -2.17. The highest BCUT2D eigenvalue weighted by Crippen LogP contribution is 2.11. The second kappa shape index (κ2) is 6.83. The maximum atomic E-state index is 11.8. The summed E-state index contributed by atoms with van der Waals surface area (Å²) in [7, 11) is 0. The first kappa shape index (κ1) is 16.6. The normalized spacial score (nSPS) is 13.6. The van der Waals surface area contributed by atoms with Crippen LogP contribution in [0.5, 0.6) is 0 Å². The number of hydrogen-bond donors (Lipinski definition) is 2. The van der Waals surface area contributed by atoms with Crippen molar-refractivity contribution in [2.24, 2.45) is 5.92 Å². The van der Waals surface area contributed by atoms with Crippen LogP contribution in [0.1, 0.15) is 47.2 Å². The zero-order valence-electron chi connectivity index (χ0n) is 13.4. The van der Waals surface area contributed by atoms with Gasteiger partial charge in [-0.05, 0) is 33.6 Å². The molecule has 1 aromatic rings. The molecule has 1 rings (SSSR count). The third-order valence-corrected chi connectivity index (χ3v) is 2.90. The molecule has 0 aliphatic heterocycles. The number of hydrogen-bond acceptors (Lipinski definition) is 4. The van der Waals surface area contributed by atoms with Gasteiger partial charge in [-0.25, -0.2) is 4.68 Å². The molecule has 0 spiro atoms. The summed E-state index contributed by atoms with van der Waals surface area (Å²) < 4.78 is 1.83. The summed E-state index contributed by atoms with van der Waals surface area (Å²) in [6.45, 7) is 13.4. The van der Waals surface area contributed by atoms with Crippen molar-refractivity contribution in [2.45, 2.75) is 59.7 Å². The number of amides is 1. The molecule has 20 heavy (non-hydrogen) atoms. The van der Waals surface area contributed by atoms with Gasteiger partial charge in [0.15, 0.2) is 0 Å². The average Bonchev–Trinajstić information content (AvgIpc) is 2.81. The van der Waals surface area contributed by atoms with E-state index in [9.17, 15) is 4.79 Å². The molecule has 1 atom stereocenters. The number of rotatable bonds is 6. The highest BCUT2D eigenvalue weighted by Gasteiger charge is 2.16. The molecule has 0 radical (unpaired) electrons. The van der Waals surface area contributed by atoms with Crippen molar-refractivity contribution < 1.29 is 4.79 Å². The zero-order valence-corrected chi connectivity index (χ0v) is 13.4. The van der Waals surface area contributed by atoms with Crippen molar-refractivity contribution >= 4 is 5.91 Å². The molecule has 0 fully saturated rings. The molecule has 0 saturated carbocycles. The number of nitrogens with zero attached hydrogens (tertiary/aromatic N) is 3. The van der Waals surface area contributed by atoms with Crippen LogP contribution in [0, 0.1) is 5.92 Å². The summed E-state index contributed by atoms with van der Waals surface area (Å²) in [5.41, 5.74) is 0.759. The van der Waals surface area contributed by atoms with E-state index < -0.39 is 0 Å². The van der Waals surface area contributed by atoms with Gasteiger partial charge in [-0.3, -0.25) is 4.79 Å². The van der Waals surface area contributed by atoms with E-state index >= 15 is 0 Å². The first-order chi connectivity index (χ1) is 9.20. The van der Waals surface area contributed by atoms with E-state index in [1.165, 1.54) is 0 Å². The van der Waals surface area contributed by atoms with Crippen molar-refractivity contribution in [1.29, 1.82) is 0 Å². The fourth-order valence-electron chi connectivity index (χ4n) is 1.52. The maximum Gasteiger partial charge on any atom is 0.236 e. The quantitative estimate of drug-likeness (QED) is 0.824. The summed E-state index contributed by atoms with van der Waals surface area (Å²) in [5.74, 6) is 0.472. The molecule has 1 heterocycles. The van der Waals surface area contributed by atoms with E-state index in [1.807, 2.05) is 17.8 Å². The lowest BCUT2D eigenvalue weighted by molar-refractivity contribution is -0.122. The molecule has 2 N–H and O–H groups in total. The van der Waals surface area contributed by atoms with Crippen LogP contribution in [0.2, 0.25) is 0 Å². The Bertz CT molecular complexity index is 433. The van der Waals surface area contributed by atoms with Crippen LogP contribution in [0.25, 0.3) is 0 Å². The van der Waals surface area contributed by atoms with Gasteiger partial charge in [-0.2, -0.15) is 0 Å². The summed E-state index contributed by atoms with van der Waals surface area (Å²) in [4.78, 5) is 11.8. The molecule has 6 heteroatoms. The van der Waals surface area contributed by atoms with Gasteiger partial charge in [0.1, 0.15) is 0 Å². The second-order valence-corrected chi connectivity index (χ2v) is 6.57. The molecule has 0 saturated heterocycles.